The molecule has 3 rings (SSSR count). The van der Waals surface area contributed by atoms with Crippen molar-refractivity contribution in [2.24, 2.45) is 5.92 Å². The van der Waals surface area contributed by atoms with Gasteiger partial charge in [-0.2, -0.15) is 17.5 Å². The molecule has 0 bridgehead atoms. The zero-order valence-corrected chi connectivity index (χ0v) is 22.9. The minimum absolute atomic E-state index is 0.0286. The molecule has 3 aromatic rings. The van der Waals surface area contributed by atoms with Crippen LogP contribution in [0.1, 0.15) is 25.0 Å². The average molecular weight is 560 g/mol. The first kappa shape index (κ1) is 28.5. The van der Waals surface area contributed by atoms with Crippen LogP contribution in [0.5, 0.6) is 0 Å². The summed E-state index contributed by atoms with van der Waals surface area (Å²) in [6, 6.07) is 17.0. The second-order valence-electron chi connectivity index (χ2n) is 8.44. The van der Waals surface area contributed by atoms with Gasteiger partial charge >= 0.3 is 6.09 Å². The summed E-state index contributed by atoms with van der Waals surface area (Å²) in [5, 5.41) is 12.5. The van der Waals surface area contributed by atoms with Gasteiger partial charge in [0.25, 0.3) is 5.91 Å². The molecule has 37 heavy (non-hydrogen) atoms. The second kappa shape index (κ2) is 14.0. The zero-order valence-electron chi connectivity index (χ0n) is 20.4. The molecule has 0 saturated carbocycles. The number of benzene rings is 2. The zero-order chi connectivity index (χ0) is 26.8. The van der Waals surface area contributed by atoms with Gasteiger partial charge in [0.15, 0.2) is 3.95 Å². The maximum atomic E-state index is 13.7. The van der Waals surface area contributed by atoms with Gasteiger partial charge in [0.2, 0.25) is 11.0 Å². The van der Waals surface area contributed by atoms with Crippen LogP contribution in [0.25, 0.3) is 0 Å². The number of imide groups is 1. The van der Waals surface area contributed by atoms with E-state index in [1.807, 2.05) is 48.5 Å². The first-order valence-corrected chi connectivity index (χ1v) is 13.4. The van der Waals surface area contributed by atoms with E-state index in [1.54, 1.807) is 26.0 Å². The van der Waals surface area contributed by atoms with Crippen molar-refractivity contribution in [3.63, 3.8) is 0 Å². The summed E-state index contributed by atoms with van der Waals surface area (Å²) in [7, 11) is 0. The Hall–Kier alpha value is -3.06. The van der Waals surface area contributed by atoms with E-state index in [1.165, 1.54) is 0 Å². The van der Waals surface area contributed by atoms with Crippen molar-refractivity contribution in [2.45, 2.75) is 39.1 Å². The number of carbonyl (C=O) groups is 3. The van der Waals surface area contributed by atoms with Gasteiger partial charge in [0.1, 0.15) is 12.6 Å². The normalized spacial score (nSPS) is 12.5. The molecule has 2 aromatic carbocycles. The molecule has 0 spiro atoms. The molecular weight excluding hydrogens is 531 g/mol. The van der Waals surface area contributed by atoms with Gasteiger partial charge < -0.3 is 15.4 Å². The number of H-pyrrole nitrogens is 1. The monoisotopic (exact) mass is 559 g/mol. The van der Waals surface area contributed by atoms with Crippen LogP contribution in [0, 0.1) is 9.87 Å². The Labute approximate surface area is 230 Å². The number of ether oxygens (including phenoxy) is 1. The van der Waals surface area contributed by atoms with Crippen molar-refractivity contribution < 1.29 is 19.1 Å². The van der Waals surface area contributed by atoms with Gasteiger partial charge in [-0.05, 0) is 29.3 Å². The Kier molecular flexibility index (Phi) is 10.8. The standard InChI is InChI=1S/C25H29N5O4S3/c1-16(2)20(27-21(31)19(15-35)26-13-17-9-5-3-6-10-17)22(32)30(23-28-29-24(36)37-23)25(33)34-14-18-11-7-4-8-12-18/h3-12,16,19-20,26,35H,13-15H2,1-2H3,(H,27,31)(H,29,36). The van der Waals surface area contributed by atoms with Gasteiger partial charge in [-0.1, -0.05) is 85.8 Å². The molecule has 0 aliphatic carbocycles. The topological polar surface area (TPSA) is 116 Å². The third-order valence-electron chi connectivity index (χ3n) is 5.35. The summed E-state index contributed by atoms with van der Waals surface area (Å²) in [6.07, 6.45) is -0.917. The van der Waals surface area contributed by atoms with Crippen molar-refractivity contribution in [1.29, 1.82) is 0 Å². The molecule has 1 heterocycles. The molecule has 1 aromatic heterocycles. The first-order valence-electron chi connectivity index (χ1n) is 11.6. The molecule has 3 N–H and O–H groups in total. The fourth-order valence-corrected chi connectivity index (χ4v) is 4.52. The summed E-state index contributed by atoms with van der Waals surface area (Å²) in [5.41, 5.74) is 1.76. The largest absolute Gasteiger partial charge is 0.444 e. The number of aromatic nitrogens is 2. The summed E-state index contributed by atoms with van der Waals surface area (Å²) < 4.78 is 5.70. The highest BCUT2D eigenvalue weighted by atomic mass is 32.1. The van der Waals surface area contributed by atoms with E-state index in [-0.39, 0.29) is 27.4 Å². The maximum absolute atomic E-state index is 13.7. The molecule has 0 aliphatic heterocycles. The quantitative estimate of drug-likeness (QED) is 0.206. The molecule has 0 fully saturated rings. The molecule has 3 amide bonds. The lowest BCUT2D eigenvalue weighted by Gasteiger charge is -2.28. The summed E-state index contributed by atoms with van der Waals surface area (Å²) in [6.45, 7) is 3.96. The number of hydrogen-bond acceptors (Lipinski definition) is 9. The average Bonchev–Trinajstić information content (AvgIpc) is 3.32. The van der Waals surface area contributed by atoms with Crippen LogP contribution in [0.3, 0.4) is 0 Å². The lowest BCUT2D eigenvalue weighted by atomic mass is 10.0. The number of thiol groups is 1. The third-order valence-corrected chi connectivity index (χ3v) is 6.79. The van der Waals surface area contributed by atoms with E-state index in [9.17, 15) is 14.4 Å². The number of hydrogen-bond donors (Lipinski definition) is 4. The number of carbonyl (C=O) groups excluding carboxylic acids is 3. The van der Waals surface area contributed by atoms with Gasteiger partial charge in [0, 0.05) is 12.3 Å². The van der Waals surface area contributed by atoms with E-state index in [2.05, 4.69) is 33.5 Å². The molecule has 2 unspecified atom stereocenters. The molecule has 0 radical (unpaired) electrons. The Morgan fingerprint density at radius 3 is 2.24 bits per heavy atom. The summed E-state index contributed by atoms with van der Waals surface area (Å²) in [5.74, 6) is -1.23. The fraction of sp³-hybridized carbons (Fsp3) is 0.320. The summed E-state index contributed by atoms with van der Waals surface area (Å²) >= 11 is 10.4. The predicted molar refractivity (Wildman–Crippen MR) is 149 cm³/mol. The lowest BCUT2D eigenvalue weighted by Crippen LogP contribution is -2.57. The molecule has 9 nitrogen and oxygen atoms in total. The number of nitrogens with zero attached hydrogens (tertiary/aromatic N) is 2. The Morgan fingerprint density at radius 1 is 1.08 bits per heavy atom. The van der Waals surface area contributed by atoms with Gasteiger partial charge in [-0.25, -0.2) is 4.79 Å². The highest BCUT2D eigenvalue weighted by molar-refractivity contribution is 7.80. The highest BCUT2D eigenvalue weighted by Gasteiger charge is 2.37. The van der Waals surface area contributed by atoms with Gasteiger partial charge in [-0.15, -0.1) is 5.10 Å². The van der Waals surface area contributed by atoms with E-state index >= 15 is 0 Å². The lowest BCUT2D eigenvalue weighted by molar-refractivity contribution is -0.129. The molecule has 2 atom stereocenters. The van der Waals surface area contributed by atoms with Crippen LogP contribution >= 0.6 is 36.2 Å². The minimum atomic E-state index is -1.03. The van der Waals surface area contributed by atoms with Crippen LogP contribution in [0.4, 0.5) is 9.93 Å². The summed E-state index contributed by atoms with van der Waals surface area (Å²) in [4.78, 5) is 40.7. The highest BCUT2D eigenvalue weighted by Crippen LogP contribution is 2.22. The number of anilines is 1. The van der Waals surface area contributed by atoms with Gasteiger partial charge in [0.05, 0.1) is 6.04 Å². The Balaban J connectivity index is 1.76. The van der Waals surface area contributed by atoms with E-state index < -0.39 is 30.0 Å². The van der Waals surface area contributed by atoms with Crippen molar-refractivity contribution >= 4 is 59.2 Å². The number of amides is 3. The third kappa shape index (κ3) is 8.22. The Bertz CT molecular complexity index is 1230. The predicted octanol–water partition coefficient (Wildman–Crippen LogP) is 4.10. The molecule has 0 aliphatic rings. The van der Waals surface area contributed by atoms with Crippen molar-refractivity contribution in [2.75, 3.05) is 10.7 Å². The first-order chi connectivity index (χ1) is 17.8. The van der Waals surface area contributed by atoms with Gasteiger partial charge in [-0.3, -0.25) is 14.7 Å². The van der Waals surface area contributed by atoms with Crippen LogP contribution in [0.2, 0.25) is 0 Å². The number of rotatable bonds is 11. The minimum Gasteiger partial charge on any atom is -0.444 e. The molecule has 196 valence electrons. The van der Waals surface area contributed by atoms with Crippen molar-refractivity contribution in [3.8, 4) is 0 Å². The number of aromatic amines is 1. The van der Waals surface area contributed by atoms with Crippen LogP contribution in [-0.2, 0) is 27.5 Å². The van der Waals surface area contributed by atoms with Crippen LogP contribution < -0.4 is 15.5 Å². The smallest absolute Gasteiger partial charge is 0.423 e. The van der Waals surface area contributed by atoms with E-state index in [4.69, 9.17) is 17.0 Å². The van der Waals surface area contributed by atoms with Crippen LogP contribution in [0.15, 0.2) is 60.7 Å². The number of nitrogens with one attached hydrogen (secondary N) is 3. The van der Waals surface area contributed by atoms with Crippen LogP contribution in [-0.4, -0.2) is 45.9 Å². The van der Waals surface area contributed by atoms with Crippen molar-refractivity contribution in [1.82, 2.24) is 20.8 Å². The molecular formula is C25H29N5O4S3. The van der Waals surface area contributed by atoms with E-state index in [0.717, 1.165) is 27.4 Å². The fourth-order valence-electron chi connectivity index (χ4n) is 3.35. The molecule has 12 heteroatoms. The SMILES string of the molecule is CC(C)C(NC(=O)C(CS)NCc1ccccc1)C(=O)N(C(=O)OCc1ccccc1)c1n[nH]c(=S)s1. The second-order valence-corrected chi connectivity index (χ2v) is 10.5. The Morgan fingerprint density at radius 2 is 1.70 bits per heavy atom. The molecule has 0 saturated heterocycles. The van der Waals surface area contributed by atoms with E-state index in [0.29, 0.717) is 6.54 Å². The maximum Gasteiger partial charge on any atom is 0.423 e. The van der Waals surface area contributed by atoms with Crippen molar-refractivity contribution in [3.05, 3.63) is 75.7 Å².